The molecule has 0 bridgehead atoms. The van der Waals surface area contributed by atoms with Crippen LogP contribution in [0.1, 0.15) is 10.9 Å². The molecule has 0 radical (unpaired) electrons. The van der Waals surface area contributed by atoms with Crippen LogP contribution in [0.3, 0.4) is 0 Å². The first kappa shape index (κ1) is 18.3. The molecule has 2 amide bonds. The number of nitrogens with one attached hydrogen (secondary N) is 2. The molecule has 0 unspecified atom stereocenters. The summed E-state index contributed by atoms with van der Waals surface area (Å²) < 4.78 is 5.41. The number of thiophene rings is 1. The van der Waals surface area contributed by atoms with Gasteiger partial charge in [0.05, 0.1) is 24.2 Å². The van der Waals surface area contributed by atoms with E-state index in [-0.39, 0.29) is 17.8 Å². The molecule has 0 saturated carbocycles. The molecule has 1 fully saturated rings. The van der Waals surface area contributed by atoms with Gasteiger partial charge in [-0.05, 0) is 17.5 Å². The van der Waals surface area contributed by atoms with E-state index in [4.69, 9.17) is 4.74 Å². The SMILES string of the molecule is O=C(NC[C@@H](c1cccs1)N1CCOCC1)Nc1cccc([N+](=O)[O-])c1. The van der Waals surface area contributed by atoms with Crippen molar-refractivity contribution < 1.29 is 14.5 Å². The normalized spacial score (nSPS) is 16.0. The summed E-state index contributed by atoms with van der Waals surface area (Å²) >= 11 is 1.66. The second kappa shape index (κ2) is 8.75. The number of hydrogen-bond acceptors (Lipinski definition) is 6. The van der Waals surface area contributed by atoms with Crippen molar-refractivity contribution in [1.82, 2.24) is 10.2 Å². The van der Waals surface area contributed by atoms with Gasteiger partial charge in [0.25, 0.3) is 5.69 Å². The van der Waals surface area contributed by atoms with E-state index in [1.165, 1.54) is 23.1 Å². The number of hydrogen-bond donors (Lipinski definition) is 2. The molecule has 1 saturated heterocycles. The predicted molar refractivity (Wildman–Crippen MR) is 99.6 cm³/mol. The molecule has 2 heterocycles. The van der Waals surface area contributed by atoms with Crippen LogP contribution in [0.15, 0.2) is 41.8 Å². The maximum absolute atomic E-state index is 12.2. The highest BCUT2D eigenvalue weighted by Gasteiger charge is 2.24. The van der Waals surface area contributed by atoms with Gasteiger partial charge >= 0.3 is 6.03 Å². The number of urea groups is 1. The van der Waals surface area contributed by atoms with Gasteiger partial charge in [-0.3, -0.25) is 15.0 Å². The molecule has 26 heavy (non-hydrogen) atoms. The van der Waals surface area contributed by atoms with Gasteiger partial charge in [-0.1, -0.05) is 12.1 Å². The first-order valence-corrected chi connectivity index (χ1v) is 9.16. The zero-order valence-corrected chi connectivity index (χ0v) is 14.9. The summed E-state index contributed by atoms with van der Waals surface area (Å²) in [6, 6.07) is 9.62. The van der Waals surface area contributed by atoms with E-state index in [2.05, 4.69) is 21.6 Å². The largest absolute Gasteiger partial charge is 0.379 e. The van der Waals surface area contributed by atoms with Crippen LogP contribution in [0.4, 0.5) is 16.2 Å². The zero-order valence-electron chi connectivity index (χ0n) is 14.1. The average molecular weight is 376 g/mol. The zero-order chi connectivity index (χ0) is 18.4. The van der Waals surface area contributed by atoms with Crippen molar-refractivity contribution in [3.63, 3.8) is 0 Å². The summed E-state index contributed by atoms with van der Waals surface area (Å²) in [6.45, 7) is 3.44. The third-order valence-electron chi connectivity index (χ3n) is 4.13. The second-order valence-electron chi connectivity index (χ2n) is 5.82. The molecule has 0 aliphatic carbocycles. The van der Waals surface area contributed by atoms with Crippen molar-refractivity contribution in [2.45, 2.75) is 6.04 Å². The lowest BCUT2D eigenvalue weighted by atomic mass is 10.2. The summed E-state index contributed by atoms with van der Waals surface area (Å²) in [5.74, 6) is 0. The molecule has 1 aromatic carbocycles. The maximum Gasteiger partial charge on any atom is 0.319 e. The van der Waals surface area contributed by atoms with E-state index in [0.717, 1.165) is 13.1 Å². The molecule has 2 N–H and O–H groups in total. The minimum absolute atomic E-state index is 0.0624. The number of rotatable bonds is 6. The number of anilines is 1. The monoisotopic (exact) mass is 376 g/mol. The minimum atomic E-state index is -0.492. The first-order chi connectivity index (χ1) is 12.6. The van der Waals surface area contributed by atoms with E-state index in [9.17, 15) is 14.9 Å². The molecule has 1 aromatic heterocycles. The van der Waals surface area contributed by atoms with Crippen LogP contribution in [0.5, 0.6) is 0 Å². The van der Waals surface area contributed by atoms with Gasteiger partial charge in [-0.25, -0.2) is 4.79 Å². The van der Waals surface area contributed by atoms with Gasteiger partial charge in [0.15, 0.2) is 0 Å². The maximum atomic E-state index is 12.2. The van der Waals surface area contributed by atoms with Crippen molar-refractivity contribution in [1.29, 1.82) is 0 Å². The Morgan fingerprint density at radius 1 is 1.31 bits per heavy atom. The predicted octanol–water partition coefficient (Wildman–Crippen LogP) is 2.85. The van der Waals surface area contributed by atoms with E-state index in [1.54, 1.807) is 17.4 Å². The molecule has 1 atom stereocenters. The van der Waals surface area contributed by atoms with Crippen LogP contribution in [0.2, 0.25) is 0 Å². The number of morpholine rings is 1. The Kier molecular flexibility index (Phi) is 6.16. The first-order valence-electron chi connectivity index (χ1n) is 8.28. The van der Waals surface area contributed by atoms with E-state index >= 15 is 0 Å². The molecule has 1 aliphatic rings. The van der Waals surface area contributed by atoms with Crippen LogP contribution in [-0.2, 0) is 4.74 Å². The fraction of sp³-hybridized carbons (Fsp3) is 0.353. The third-order valence-corrected chi connectivity index (χ3v) is 5.10. The fourth-order valence-corrected chi connectivity index (χ4v) is 3.70. The molecular formula is C17H20N4O4S. The Labute approximate surface area is 154 Å². The lowest BCUT2D eigenvalue weighted by Gasteiger charge is -2.34. The molecule has 8 nitrogen and oxygen atoms in total. The number of ether oxygens (including phenoxy) is 1. The van der Waals surface area contributed by atoms with Crippen LogP contribution < -0.4 is 10.6 Å². The number of carbonyl (C=O) groups excluding carboxylic acids is 1. The summed E-state index contributed by atoms with van der Waals surface area (Å²) in [6.07, 6.45) is 0. The Bertz CT molecular complexity index is 747. The van der Waals surface area contributed by atoms with Gasteiger partial charge in [0.2, 0.25) is 0 Å². The van der Waals surface area contributed by atoms with Crippen molar-refractivity contribution in [2.75, 3.05) is 38.2 Å². The summed E-state index contributed by atoms with van der Waals surface area (Å²) in [4.78, 5) is 26.0. The highest BCUT2D eigenvalue weighted by Crippen LogP contribution is 2.25. The van der Waals surface area contributed by atoms with Crippen LogP contribution >= 0.6 is 11.3 Å². The number of nitrogens with zero attached hydrogens (tertiary/aromatic N) is 2. The van der Waals surface area contributed by atoms with Gasteiger partial charge < -0.3 is 15.4 Å². The highest BCUT2D eigenvalue weighted by molar-refractivity contribution is 7.10. The van der Waals surface area contributed by atoms with Crippen molar-refractivity contribution >= 4 is 28.7 Å². The lowest BCUT2D eigenvalue weighted by Crippen LogP contribution is -2.44. The van der Waals surface area contributed by atoms with E-state index in [0.29, 0.717) is 25.4 Å². The lowest BCUT2D eigenvalue weighted by molar-refractivity contribution is -0.384. The van der Waals surface area contributed by atoms with Gasteiger partial charge in [0, 0.05) is 42.3 Å². The number of nitro benzene ring substituents is 1. The molecule has 0 spiro atoms. The van der Waals surface area contributed by atoms with Crippen LogP contribution in [-0.4, -0.2) is 48.7 Å². The highest BCUT2D eigenvalue weighted by atomic mass is 32.1. The molecular weight excluding hydrogens is 356 g/mol. The van der Waals surface area contributed by atoms with Crippen molar-refractivity contribution in [3.8, 4) is 0 Å². The average Bonchev–Trinajstić information content (AvgIpc) is 3.17. The fourth-order valence-electron chi connectivity index (χ4n) is 2.84. The molecule has 1 aliphatic heterocycles. The van der Waals surface area contributed by atoms with Crippen LogP contribution in [0.25, 0.3) is 0 Å². The number of non-ortho nitro benzene ring substituents is 1. The Hall–Kier alpha value is -2.49. The topological polar surface area (TPSA) is 96.7 Å². The molecule has 2 aromatic rings. The van der Waals surface area contributed by atoms with Gasteiger partial charge in [-0.2, -0.15) is 0 Å². The second-order valence-corrected chi connectivity index (χ2v) is 6.80. The van der Waals surface area contributed by atoms with Gasteiger partial charge in [0.1, 0.15) is 0 Å². The molecule has 3 rings (SSSR count). The number of carbonyl (C=O) groups is 1. The quantitative estimate of drug-likeness (QED) is 0.597. The number of amides is 2. The minimum Gasteiger partial charge on any atom is -0.379 e. The Balaban J connectivity index is 1.60. The van der Waals surface area contributed by atoms with Crippen LogP contribution in [0, 0.1) is 10.1 Å². The van der Waals surface area contributed by atoms with E-state index < -0.39 is 4.92 Å². The summed E-state index contributed by atoms with van der Waals surface area (Å²) in [5, 5.41) is 18.4. The smallest absolute Gasteiger partial charge is 0.319 e. The third kappa shape index (κ3) is 4.78. The van der Waals surface area contributed by atoms with E-state index in [1.807, 2.05) is 11.4 Å². The van der Waals surface area contributed by atoms with Gasteiger partial charge in [-0.15, -0.1) is 11.3 Å². The summed E-state index contributed by atoms with van der Waals surface area (Å²) in [5.41, 5.74) is 0.323. The number of nitro groups is 1. The Morgan fingerprint density at radius 3 is 2.81 bits per heavy atom. The molecule has 138 valence electrons. The van der Waals surface area contributed by atoms with Crippen molar-refractivity contribution in [3.05, 3.63) is 56.8 Å². The van der Waals surface area contributed by atoms with Crippen molar-refractivity contribution in [2.24, 2.45) is 0 Å². The standard InChI is InChI=1S/C17H20N4O4S/c22-17(19-13-3-1-4-14(11-13)21(23)24)18-12-15(16-5-2-10-26-16)20-6-8-25-9-7-20/h1-5,10-11,15H,6-9,12H2,(H2,18,19,22)/t15-/m0/s1. The summed E-state index contributed by atoms with van der Waals surface area (Å²) in [7, 11) is 0. The Morgan fingerprint density at radius 2 is 2.12 bits per heavy atom. The molecule has 9 heteroatoms. The number of benzene rings is 1.